The minimum atomic E-state index is -0.899. The summed E-state index contributed by atoms with van der Waals surface area (Å²) in [4.78, 5) is 23.9. The molecule has 1 fully saturated rings. The van der Waals surface area contributed by atoms with Crippen molar-refractivity contribution in [2.24, 2.45) is 11.7 Å². The van der Waals surface area contributed by atoms with Gasteiger partial charge in [0.15, 0.2) is 23.1 Å². The molecular weight excluding hydrogens is 332 g/mol. The number of hydrogen-bond acceptors (Lipinski definition) is 4. The van der Waals surface area contributed by atoms with E-state index in [1.165, 1.54) is 6.07 Å². The fourth-order valence-corrected chi connectivity index (χ4v) is 2.77. The first-order chi connectivity index (χ1) is 12.0. The van der Waals surface area contributed by atoms with Crippen molar-refractivity contribution in [2.45, 2.75) is 31.7 Å². The van der Waals surface area contributed by atoms with E-state index in [2.05, 4.69) is 5.10 Å². The summed E-state index contributed by atoms with van der Waals surface area (Å²) in [6.45, 7) is 0. The van der Waals surface area contributed by atoms with Crippen LogP contribution in [-0.2, 0) is 4.79 Å². The summed E-state index contributed by atoms with van der Waals surface area (Å²) in [5.74, 6) is -2.85. The van der Waals surface area contributed by atoms with Crippen molar-refractivity contribution in [3.63, 3.8) is 0 Å². The van der Waals surface area contributed by atoms with Gasteiger partial charge in [-0.25, -0.2) is 13.5 Å². The van der Waals surface area contributed by atoms with Gasteiger partial charge in [0.2, 0.25) is 5.91 Å². The Labute approximate surface area is 142 Å². The highest BCUT2D eigenvalue weighted by Gasteiger charge is 2.28. The lowest BCUT2D eigenvalue weighted by Crippen LogP contribution is -2.37. The Morgan fingerprint density at radius 1 is 1.36 bits per heavy atom. The molecule has 0 spiro atoms. The van der Waals surface area contributed by atoms with Crippen LogP contribution >= 0.6 is 0 Å². The Hall–Kier alpha value is -2.77. The molecule has 0 radical (unpaired) electrons. The van der Waals surface area contributed by atoms with Crippen LogP contribution in [0.2, 0.25) is 0 Å². The van der Waals surface area contributed by atoms with Crippen molar-refractivity contribution in [1.82, 2.24) is 9.78 Å². The van der Waals surface area contributed by atoms with Crippen molar-refractivity contribution < 1.29 is 18.3 Å². The van der Waals surface area contributed by atoms with Gasteiger partial charge < -0.3 is 10.5 Å². The van der Waals surface area contributed by atoms with Gasteiger partial charge in [0.25, 0.3) is 5.56 Å². The van der Waals surface area contributed by atoms with Crippen molar-refractivity contribution >= 4 is 5.91 Å². The second kappa shape index (κ2) is 7.00. The second-order valence-corrected chi connectivity index (χ2v) is 6.08. The zero-order valence-corrected chi connectivity index (χ0v) is 13.3. The van der Waals surface area contributed by atoms with Gasteiger partial charge in [-0.2, -0.15) is 5.10 Å². The maximum absolute atomic E-state index is 13.6. The smallest absolute Gasteiger partial charge is 0.271 e. The molecule has 2 aromatic rings. The zero-order chi connectivity index (χ0) is 18.0. The van der Waals surface area contributed by atoms with Crippen molar-refractivity contribution in [1.29, 1.82) is 0 Å². The molecule has 1 saturated carbocycles. The number of carbonyl (C=O) groups excluding carboxylic acids is 1. The molecule has 0 saturated heterocycles. The summed E-state index contributed by atoms with van der Waals surface area (Å²) >= 11 is 0. The number of para-hydroxylation sites is 1. The van der Waals surface area contributed by atoms with Crippen molar-refractivity contribution in [3.8, 4) is 11.5 Å². The zero-order valence-electron chi connectivity index (χ0n) is 13.3. The average Bonchev–Trinajstić information content (AvgIpc) is 2.51. The molecule has 1 amide bonds. The molecule has 1 aromatic heterocycles. The van der Waals surface area contributed by atoms with Crippen molar-refractivity contribution in [2.75, 3.05) is 0 Å². The third-order valence-corrected chi connectivity index (χ3v) is 4.34. The normalized spacial score (nSPS) is 15.4. The molecular formula is C17H17F2N3O3. The number of amides is 1. The summed E-state index contributed by atoms with van der Waals surface area (Å²) in [5.41, 5.74) is 4.77. The first-order valence-corrected chi connectivity index (χ1v) is 7.95. The molecule has 1 atom stereocenters. The molecule has 0 aliphatic heterocycles. The number of carbonyl (C=O) groups is 1. The SMILES string of the molecule is NC(=O)C(CC1CCC1)n1ncc(Oc2c(F)cccc2F)cc1=O. The van der Waals surface area contributed by atoms with Gasteiger partial charge in [0.05, 0.1) is 6.20 Å². The van der Waals surface area contributed by atoms with Crippen molar-refractivity contribution in [3.05, 3.63) is 52.5 Å². The highest BCUT2D eigenvalue weighted by molar-refractivity contribution is 5.78. The van der Waals surface area contributed by atoms with Crippen LogP contribution in [0, 0.1) is 17.6 Å². The van der Waals surface area contributed by atoms with E-state index in [9.17, 15) is 18.4 Å². The highest BCUT2D eigenvalue weighted by Crippen LogP contribution is 2.33. The monoisotopic (exact) mass is 349 g/mol. The fourth-order valence-electron chi connectivity index (χ4n) is 2.77. The largest absolute Gasteiger partial charge is 0.449 e. The molecule has 0 bridgehead atoms. The molecule has 1 aliphatic carbocycles. The van der Waals surface area contributed by atoms with Gasteiger partial charge in [0, 0.05) is 6.07 Å². The number of benzene rings is 1. The second-order valence-electron chi connectivity index (χ2n) is 6.08. The van der Waals surface area contributed by atoms with Gasteiger partial charge in [-0.15, -0.1) is 0 Å². The van der Waals surface area contributed by atoms with E-state index in [1.807, 2.05) is 0 Å². The molecule has 2 N–H and O–H groups in total. The summed E-state index contributed by atoms with van der Waals surface area (Å²) in [6.07, 6.45) is 4.66. The Morgan fingerprint density at radius 2 is 2.04 bits per heavy atom. The number of primary amides is 1. The quantitative estimate of drug-likeness (QED) is 0.868. The number of ether oxygens (including phenoxy) is 1. The van der Waals surface area contributed by atoms with Gasteiger partial charge in [0.1, 0.15) is 6.04 Å². The molecule has 1 heterocycles. The Bertz CT molecular complexity index is 829. The van der Waals surface area contributed by atoms with Crippen LogP contribution in [-0.4, -0.2) is 15.7 Å². The predicted molar refractivity (Wildman–Crippen MR) is 85.1 cm³/mol. The van der Waals surface area contributed by atoms with Crippen LogP contribution in [0.3, 0.4) is 0 Å². The van der Waals surface area contributed by atoms with E-state index in [0.717, 1.165) is 48.3 Å². The van der Waals surface area contributed by atoms with E-state index in [1.54, 1.807) is 0 Å². The minimum Gasteiger partial charge on any atom is -0.449 e. The lowest BCUT2D eigenvalue weighted by atomic mass is 9.81. The van der Waals surface area contributed by atoms with Gasteiger partial charge in [-0.1, -0.05) is 25.3 Å². The highest BCUT2D eigenvalue weighted by atomic mass is 19.1. The number of aromatic nitrogens is 2. The third-order valence-electron chi connectivity index (χ3n) is 4.34. The van der Waals surface area contributed by atoms with E-state index in [4.69, 9.17) is 10.5 Å². The average molecular weight is 349 g/mol. The van der Waals surface area contributed by atoms with E-state index < -0.39 is 34.9 Å². The fraction of sp³-hybridized carbons (Fsp3) is 0.353. The molecule has 1 aliphatic rings. The van der Waals surface area contributed by atoms with Crippen LogP contribution < -0.4 is 16.0 Å². The van der Waals surface area contributed by atoms with Crippen LogP contribution in [0.25, 0.3) is 0 Å². The summed E-state index contributed by atoms with van der Waals surface area (Å²) < 4.78 is 33.3. The lowest BCUT2D eigenvalue weighted by Gasteiger charge is -2.28. The summed E-state index contributed by atoms with van der Waals surface area (Å²) in [5, 5.41) is 3.90. The maximum atomic E-state index is 13.6. The number of nitrogens with zero attached hydrogens (tertiary/aromatic N) is 2. The first-order valence-electron chi connectivity index (χ1n) is 7.95. The molecule has 1 unspecified atom stereocenters. The molecule has 6 nitrogen and oxygen atoms in total. The maximum Gasteiger partial charge on any atom is 0.271 e. The minimum absolute atomic E-state index is 0.128. The topological polar surface area (TPSA) is 87.2 Å². The van der Waals surface area contributed by atoms with Crippen LogP contribution in [0.4, 0.5) is 8.78 Å². The Balaban J connectivity index is 1.84. The van der Waals surface area contributed by atoms with Gasteiger partial charge in [-0.05, 0) is 24.5 Å². The van der Waals surface area contributed by atoms with E-state index >= 15 is 0 Å². The number of hydrogen-bond donors (Lipinski definition) is 1. The predicted octanol–water partition coefficient (Wildman–Crippen LogP) is 2.53. The number of nitrogens with two attached hydrogens (primary N) is 1. The Morgan fingerprint density at radius 3 is 2.56 bits per heavy atom. The van der Waals surface area contributed by atoms with Crippen LogP contribution in [0.15, 0.2) is 35.3 Å². The molecule has 3 rings (SSSR count). The van der Waals surface area contributed by atoms with Crippen LogP contribution in [0.5, 0.6) is 11.5 Å². The summed E-state index contributed by atoms with van der Waals surface area (Å²) in [6, 6.07) is 3.45. The van der Waals surface area contributed by atoms with E-state index in [-0.39, 0.29) is 5.75 Å². The standard InChI is InChI=1S/C17H17F2N3O3/c18-12-5-2-6-13(19)16(12)25-11-8-15(23)22(21-9-11)14(17(20)24)7-10-3-1-4-10/h2,5-6,8-10,14H,1,3-4,7H2,(H2,20,24). The number of rotatable bonds is 6. The lowest BCUT2D eigenvalue weighted by molar-refractivity contribution is -0.122. The summed E-state index contributed by atoms with van der Waals surface area (Å²) in [7, 11) is 0. The van der Waals surface area contributed by atoms with Gasteiger partial charge >= 0.3 is 0 Å². The Kier molecular flexibility index (Phi) is 4.78. The number of halogens is 2. The molecule has 8 heteroatoms. The molecule has 132 valence electrons. The first kappa shape index (κ1) is 17.1. The molecule has 25 heavy (non-hydrogen) atoms. The molecule has 1 aromatic carbocycles. The third kappa shape index (κ3) is 3.67. The van der Waals surface area contributed by atoms with Gasteiger partial charge in [-0.3, -0.25) is 9.59 Å². The van der Waals surface area contributed by atoms with E-state index in [0.29, 0.717) is 12.3 Å². The van der Waals surface area contributed by atoms with Crippen LogP contribution in [0.1, 0.15) is 31.7 Å².